The Labute approximate surface area is 155 Å². The third kappa shape index (κ3) is 3.43. The zero-order valence-electron chi connectivity index (χ0n) is 15.0. The number of carbonyl (C=O) groups excluding carboxylic acids is 1. The number of carbonyl (C=O) groups is 1. The van der Waals surface area contributed by atoms with Crippen molar-refractivity contribution in [3.63, 3.8) is 0 Å². The molecule has 0 radical (unpaired) electrons. The maximum Gasteiger partial charge on any atom is 0.140 e. The molecule has 2 heterocycles. The van der Waals surface area contributed by atoms with Gasteiger partial charge in [-0.2, -0.15) is 5.26 Å². The molecule has 0 N–H and O–H groups in total. The number of Topliss-reactive ketones (excluding diaryl/α,β-unsaturated/α-hetero) is 1. The van der Waals surface area contributed by atoms with Crippen LogP contribution in [0.2, 0.25) is 0 Å². The van der Waals surface area contributed by atoms with Crippen LogP contribution in [0.15, 0.2) is 54.6 Å². The quantitative estimate of drug-likeness (QED) is 0.820. The fourth-order valence-corrected chi connectivity index (χ4v) is 4.71. The highest BCUT2D eigenvalue weighted by molar-refractivity contribution is 5.84. The molecule has 2 aliphatic rings. The number of ketones is 1. The molecule has 3 nitrogen and oxygen atoms in total. The molecule has 2 aliphatic heterocycles. The van der Waals surface area contributed by atoms with Crippen molar-refractivity contribution >= 4 is 5.78 Å². The highest BCUT2D eigenvalue weighted by Crippen LogP contribution is 2.40. The zero-order valence-corrected chi connectivity index (χ0v) is 15.0. The van der Waals surface area contributed by atoms with Crippen LogP contribution in [-0.2, 0) is 17.8 Å². The second-order valence-electron chi connectivity index (χ2n) is 7.62. The van der Waals surface area contributed by atoms with Gasteiger partial charge >= 0.3 is 0 Å². The van der Waals surface area contributed by atoms with Crippen molar-refractivity contribution < 1.29 is 4.79 Å². The van der Waals surface area contributed by atoms with Gasteiger partial charge in [0.25, 0.3) is 0 Å². The summed E-state index contributed by atoms with van der Waals surface area (Å²) in [6, 6.07) is 21.4. The van der Waals surface area contributed by atoms with E-state index in [0.29, 0.717) is 29.9 Å². The fourth-order valence-electron chi connectivity index (χ4n) is 4.71. The molecule has 26 heavy (non-hydrogen) atoms. The SMILES string of the molecule is N#Cc1ccccc1CC(=O)C1CC2CCC(C1)N2Cc1ccccc1. The molecule has 0 amide bonds. The van der Waals surface area contributed by atoms with Crippen molar-refractivity contribution in [2.75, 3.05) is 0 Å². The number of nitrogens with zero attached hydrogens (tertiary/aromatic N) is 2. The van der Waals surface area contributed by atoms with Crippen LogP contribution in [0, 0.1) is 17.2 Å². The van der Waals surface area contributed by atoms with Crippen LogP contribution in [-0.4, -0.2) is 22.8 Å². The normalized spacial score (nSPS) is 25.0. The average Bonchev–Trinajstić information content (AvgIpc) is 2.90. The number of rotatable bonds is 5. The van der Waals surface area contributed by atoms with E-state index in [4.69, 9.17) is 0 Å². The van der Waals surface area contributed by atoms with Gasteiger partial charge in [-0.05, 0) is 42.9 Å². The van der Waals surface area contributed by atoms with E-state index in [-0.39, 0.29) is 5.92 Å². The van der Waals surface area contributed by atoms with E-state index < -0.39 is 0 Å². The standard InChI is InChI=1S/C23H24N2O/c24-15-19-9-5-4-8-18(19)14-23(26)20-12-21-10-11-22(13-20)25(21)16-17-6-2-1-3-7-17/h1-9,20-22H,10-14,16H2. The highest BCUT2D eigenvalue weighted by atomic mass is 16.1. The van der Waals surface area contributed by atoms with Crippen molar-refractivity contribution in [2.45, 2.75) is 50.7 Å². The Morgan fingerprint density at radius 2 is 1.65 bits per heavy atom. The highest BCUT2D eigenvalue weighted by Gasteiger charge is 2.42. The summed E-state index contributed by atoms with van der Waals surface area (Å²) in [5.74, 6) is 0.454. The van der Waals surface area contributed by atoms with Crippen LogP contribution < -0.4 is 0 Å². The number of hydrogen-bond donors (Lipinski definition) is 0. The Morgan fingerprint density at radius 3 is 2.35 bits per heavy atom. The third-order valence-corrected chi connectivity index (χ3v) is 6.05. The second kappa shape index (κ2) is 7.43. The molecule has 0 aromatic heterocycles. The van der Waals surface area contributed by atoms with Gasteiger partial charge in [0.2, 0.25) is 0 Å². The molecule has 2 aromatic rings. The Balaban J connectivity index is 1.42. The van der Waals surface area contributed by atoms with Crippen molar-refractivity contribution in [3.05, 3.63) is 71.3 Å². The molecule has 2 aromatic carbocycles. The molecule has 0 aliphatic carbocycles. The number of benzene rings is 2. The maximum atomic E-state index is 12.9. The largest absolute Gasteiger partial charge is 0.299 e. The summed E-state index contributed by atoms with van der Waals surface area (Å²) in [6.07, 6.45) is 4.74. The monoisotopic (exact) mass is 344 g/mol. The van der Waals surface area contributed by atoms with Crippen molar-refractivity contribution in [1.29, 1.82) is 5.26 Å². The van der Waals surface area contributed by atoms with Gasteiger partial charge in [0.05, 0.1) is 11.6 Å². The number of fused-ring (bicyclic) bond motifs is 2. The van der Waals surface area contributed by atoms with Crippen LogP contribution in [0.25, 0.3) is 0 Å². The van der Waals surface area contributed by atoms with Gasteiger partial charge in [-0.3, -0.25) is 9.69 Å². The van der Waals surface area contributed by atoms with Crippen molar-refractivity contribution in [2.24, 2.45) is 5.92 Å². The lowest BCUT2D eigenvalue weighted by atomic mass is 9.84. The summed E-state index contributed by atoms with van der Waals surface area (Å²) >= 11 is 0. The second-order valence-corrected chi connectivity index (χ2v) is 7.62. The summed E-state index contributed by atoms with van der Waals surface area (Å²) < 4.78 is 0. The van der Waals surface area contributed by atoms with Crippen molar-refractivity contribution in [3.8, 4) is 6.07 Å². The van der Waals surface area contributed by atoms with E-state index in [2.05, 4.69) is 41.3 Å². The molecule has 2 unspecified atom stereocenters. The number of hydrogen-bond acceptors (Lipinski definition) is 3. The Bertz CT molecular complexity index is 810. The van der Waals surface area contributed by atoms with Gasteiger partial charge in [-0.1, -0.05) is 48.5 Å². The molecule has 2 bridgehead atoms. The lowest BCUT2D eigenvalue weighted by molar-refractivity contribution is -0.124. The smallest absolute Gasteiger partial charge is 0.140 e. The maximum absolute atomic E-state index is 12.9. The van der Waals surface area contributed by atoms with Gasteiger partial charge in [0.1, 0.15) is 5.78 Å². The van der Waals surface area contributed by atoms with E-state index in [9.17, 15) is 10.1 Å². The van der Waals surface area contributed by atoms with E-state index >= 15 is 0 Å². The van der Waals surface area contributed by atoms with Crippen LogP contribution in [0.4, 0.5) is 0 Å². The summed E-state index contributed by atoms with van der Waals surface area (Å²) in [5, 5.41) is 9.24. The molecule has 2 saturated heterocycles. The first kappa shape index (κ1) is 17.0. The first-order valence-electron chi connectivity index (χ1n) is 9.55. The Morgan fingerprint density at radius 1 is 1.00 bits per heavy atom. The minimum atomic E-state index is 0.145. The molecule has 0 spiro atoms. The first-order chi connectivity index (χ1) is 12.7. The molecular formula is C23H24N2O. The molecular weight excluding hydrogens is 320 g/mol. The molecule has 2 atom stereocenters. The minimum absolute atomic E-state index is 0.145. The fraction of sp³-hybridized carbons (Fsp3) is 0.391. The molecule has 132 valence electrons. The molecule has 2 fully saturated rings. The van der Waals surface area contributed by atoms with Crippen LogP contribution in [0.3, 0.4) is 0 Å². The third-order valence-electron chi connectivity index (χ3n) is 6.05. The Kier molecular flexibility index (Phi) is 4.86. The number of nitriles is 1. The molecule has 0 saturated carbocycles. The molecule has 4 rings (SSSR count). The van der Waals surface area contributed by atoms with Gasteiger partial charge in [-0.15, -0.1) is 0 Å². The Hall–Kier alpha value is -2.44. The van der Waals surface area contributed by atoms with E-state index in [0.717, 1.165) is 24.9 Å². The van der Waals surface area contributed by atoms with E-state index in [1.165, 1.54) is 18.4 Å². The summed E-state index contributed by atoms with van der Waals surface area (Å²) in [6.45, 7) is 0.994. The summed E-state index contributed by atoms with van der Waals surface area (Å²) in [4.78, 5) is 15.5. The van der Waals surface area contributed by atoms with Crippen molar-refractivity contribution in [1.82, 2.24) is 4.90 Å². The number of piperidine rings is 1. The van der Waals surface area contributed by atoms with Crippen LogP contribution in [0.1, 0.15) is 42.4 Å². The lowest BCUT2D eigenvalue weighted by Gasteiger charge is -2.38. The topological polar surface area (TPSA) is 44.1 Å². The predicted molar refractivity (Wildman–Crippen MR) is 101 cm³/mol. The lowest BCUT2D eigenvalue weighted by Crippen LogP contribution is -2.44. The molecule has 3 heteroatoms. The van der Waals surface area contributed by atoms with Gasteiger partial charge in [0, 0.05) is 31.0 Å². The van der Waals surface area contributed by atoms with Gasteiger partial charge in [-0.25, -0.2) is 0 Å². The zero-order chi connectivity index (χ0) is 17.9. The summed E-state index contributed by atoms with van der Waals surface area (Å²) in [5.41, 5.74) is 2.86. The van der Waals surface area contributed by atoms with Gasteiger partial charge < -0.3 is 0 Å². The van der Waals surface area contributed by atoms with E-state index in [1.807, 2.05) is 18.2 Å². The van der Waals surface area contributed by atoms with E-state index in [1.54, 1.807) is 6.07 Å². The average molecular weight is 344 g/mol. The van der Waals surface area contributed by atoms with Crippen LogP contribution >= 0.6 is 0 Å². The van der Waals surface area contributed by atoms with Gasteiger partial charge in [0.15, 0.2) is 0 Å². The summed E-state index contributed by atoms with van der Waals surface area (Å²) in [7, 11) is 0. The first-order valence-corrected chi connectivity index (χ1v) is 9.55. The minimum Gasteiger partial charge on any atom is -0.299 e. The predicted octanol–water partition coefficient (Wildman–Crippen LogP) is 4.11. The van der Waals surface area contributed by atoms with Crippen LogP contribution in [0.5, 0.6) is 0 Å².